The SMILES string of the molecule is CC(C(=O)Nc1ccncc1)[C@H]1CC[C@H]2[C@@H]3CCC4N(C)C(=O)CC[C@]4(C)[C@H]3CC[C@]12C. The number of fused-ring (bicyclic) bond motifs is 5. The van der Waals surface area contributed by atoms with E-state index in [2.05, 4.69) is 36.0 Å². The Balaban J connectivity index is 1.34. The lowest BCUT2D eigenvalue weighted by Gasteiger charge is -2.62. The number of amides is 2. The number of hydrogen-bond donors (Lipinski definition) is 1. The molecule has 2 unspecified atom stereocenters. The largest absolute Gasteiger partial charge is 0.342 e. The lowest BCUT2D eigenvalue weighted by Crippen LogP contribution is -2.61. The molecule has 5 heteroatoms. The van der Waals surface area contributed by atoms with Crippen LogP contribution in [0.1, 0.15) is 72.1 Å². The summed E-state index contributed by atoms with van der Waals surface area (Å²) in [4.78, 5) is 31.6. The fourth-order valence-corrected chi connectivity index (χ4v) is 8.89. The van der Waals surface area contributed by atoms with Gasteiger partial charge in [-0.1, -0.05) is 20.8 Å². The Morgan fingerprint density at radius 3 is 2.53 bits per heavy atom. The van der Waals surface area contributed by atoms with E-state index < -0.39 is 0 Å². The molecule has 8 atom stereocenters. The molecule has 2 amide bonds. The third kappa shape index (κ3) is 3.21. The molecule has 0 spiro atoms. The van der Waals surface area contributed by atoms with E-state index in [-0.39, 0.29) is 22.7 Å². The van der Waals surface area contributed by atoms with E-state index in [0.29, 0.717) is 30.2 Å². The van der Waals surface area contributed by atoms with Gasteiger partial charge in [0.2, 0.25) is 11.8 Å². The number of aromatic nitrogens is 1. The Bertz CT molecular complexity index is 888. The third-order valence-corrected chi connectivity index (χ3v) is 10.6. The summed E-state index contributed by atoms with van der Waals surface area (Å²) in [6.45, 7) is 7.12. The second-order valence-electron chi connectivity index (χ2n) is 11.7. The molecule has 3 aliphatic carbocycles. The third-order valence-electron chi connectivity index (χ3n) is 10.6. The van der Waals surface area contributed by atoms with Gasteiger partial charge in [-0.05, 0) is 91.6 Å². The molecule has 2 heterocycles. The van der Waals surface area contributed by atoms with Crippen molar-refractivity contribution in [3.05, 3.63) is 24.5 Å². The number of likely N-dealkylation sites (tertiary alicyclic amines) is 1. The summed E-state index contributed by atoms with van der Waals surface area (Å²) in [5, 5.41) is 3.12. The molecule has 4 aliphatic rings. The molecule has 0 bridgehead atoms. The van der Waals surface area contributed by atoms with E-state index in [1.165, 1.54) is 25.7 Å². The molecule has 1 N–H and O–H groups in total. The van der Waals surface area contributed by atoms with Crippen LogP contribution in [0.2, 0.25) is 0 Å². The lowest BCUT2D eigenvalue weighted by molar-refractivity contribution is -0.159. The van der Waals surface area contributed by atoms with Crippen LogP contribution >= 0.6 is 0 Å². The van der Waals surface area contributed by atoms with E-state index in [0.717, 1.165) is 36.8 Å². The zero-order chi connectivity index (χ0) is 22.7. The minimum absolute atomic E-state index is 0.0140. The maximum atomic E-state index is 13.1. The molecule has 1 aromatic rings. The molecule has 32 heavy (non-hydrogen) atoms. The number of nitrogens with one attached hydrogen (secondary N) is 1. The van der Waals surface area contributed by atoms with Crippen molar-refractivity contribution in [3.8, 4) is 0 Å². The number of carbonyl (C=O) groups is 2. The van der Waals surface area contributed by atoms with Gasteiger partial charge in [0.1, 0.15) is 0 Å². The van der Waals surface area contributed by atoms with Gasteiger partial charge in [-0.2, -0.15) is 0 Å². The Morgan fingerprint density at radius 1 is 1.06 bits per heavy atom. The maximum Gasteiger partial charge on any atom is 0.227 e. The van der Waals surface area contributed by atoms with E-state index >= 15 is 0 Å². The van der Waals surface area contributed by atoms with Crippen LogP contribution in [0.4, 0.5) is 5.69 Å². The normalized spacial score (nSPS) is 41.9. The zero-order valence-corrected chi connectivity index (χ0v) is 20.1. The molecular formula is C27H39N3O2. The smallest absolute Gasteiger partial charge is 0.227 e. The number of hydrogen-bond acceptors (Lipinski definition) is 3. The van der Waals surface area contributed by atoms with Crippen LogP contribution in [0.25, 0.3) is 0 Å². The van der Waals surface area contributed by atoms with Crippen molar-refractivity contribution in [2.24, 2.45) is 40.4 Å². The Hall–Kier alpha value is -1.91. The molecule has 5 nitrogen and oxygen atoms in total. The number of pyridine rings is 1. The van der Waals surface area contributed by atoms with Gasteiger partial charge in [-0.15, -0.1) is 0 Å². The first-order valence-corrected chi connectivity index (χ1v) is 12.7. The summed E-state index contributed by atoms with van der Waals surface area (Å²) in [5.41, 5.74) is 1.34. The van der Waals surface area contributed by atoms with Gasteiger partial charge in [-0.25, -0.2) is 0 Å². The number of carbonyl (C=O) groups excluding carboxylic acids is 2. The Kier molecular flexibility index (Phi) is 5.37. The van der Waals surface area contributed by atoms with E-state index in [1.54, 1.807) is 12.4 Å². The molecule has 5 rings (SSSR count). The number of piperidine rings is 1. The van der Waals surface area contributed by atoms with Gasteiger partial charge < -0.3 is 10.2 Å². The van der Waals surface area contributed by atoms with Crippen molar-refractivity contribution in [3.63, 3.8) is 0 Å². The van der Waals surface area contributed by atoms with Crippen LogP contribution in [0.15, 0.2) is 24.5 Å². The molecule has 0 aromatic carbocycles. The van der Waals surface area contributed by atoms with Crippen molar-refractivity contribution >= 4 is 17.5 Å². The molecule has 4 fully saturated rings. The lowest BCUT2D eigenvalue weighted by atomic mass is 9.46. The molecular weight excluding hydrogens is 398 g/mol. The molecule has 1 aliphatic heterocycles. The predicted molar refractivity (Wildman–Crippen MR) is 126 cm³/mol. The van der Waals surface area contributed by atoms with Gasteiger partial charge in [0.05, 0.1) is 0 Å². The fourth-order valence-electron chi connectivity index (χ4n) is 8.89. The van der Waals surface area contributed by atoms with Crippen LogP contribution in [-0.4, -0.2) is 34.8 Å². The average Bonchev–Trinajstić information content (AvgIpc) is 3.14. The highest BCUT2D eigenvalue weighted by Gasteiger charge is 2.61. The second-order valence-corrected chi connectivity index (χ2v) is 11.7. The summed E-state index contributed by atoms with van der Waals surface area (Å²) < 4.78 is 0. The van der Waals surface area contributed by atoms with Crippen molar-refractivity contribution in [1.29, 1.82) is 0 Å². The Labute approximate surface area is 192 Å². The van der Waals surface area contributed by atoms with E-state index in [9.17, 15) is 9.59 Å². The van der Waals surface area contributed by atoms with Crippen molar-refractivity contribution in [1.82, 2.24) is 9.88 Å². The molecule has 0 radical (unpaired) electrons. The molecule has 1 saturated heterocycles. The minimum Gasteiger partial charge on any atom is -0.342 e. The van der Waals surface area contributed by atoms with Crippen molar-refractivity contribution in [2.75, 3.05) is 12.4 Å². The zero-order valence-electron chi connectivity index (χ0n) is 20.1. The van der Waals surface area contributed by atoms with Crippen LogP contribution in [0, 0.1) is 40.4 Å². The summed E-state index contributed by atoms with van der Waals surface area (Å²) in [6.07, 6.45) is 12.5. The fraction of sp³-hybridized carbons (Fsp3) is 0.741. The summed E-state index contributed by atoms with van der Waals surface area (Å²) in [7, 11) is 2.03. The first kappa shape index (κ1) is 21.9. The van der Waals surface area contributed by atoms with E-state index in [1.807, 2.05) is 19.2 Å². The van der Waals surface area contributed by atoms with Gasteiger partial charge in [-0.3, -0.25) is 14.6 Å². The Morgan fingerprint density at radius 2 is 1.78 bits per heavy atom. The van der Waals surface area contributed by atoms with Gasteiger partial charge in [0, 0.05) is 43.5 Å². The highest BCUT2D eigenvalue weighted by atomic mass is 16.2. The van der Waals surface area contributed by atoms with Crippen LogP contribution in [0.5, 0.6) is 0 Å². The van der Waals surface area contributed by atoms with Crippen molar-refractivity contribution < 1.29 is 9.59 Å². The predicted octanol–water partition coefficient (Wildman–Crippen LogP) is 5.14. The number of nitrogens with zero attached hydrogens (tertiary/aromatic N) is 2. The second kappa shape index (κ2) is 7.85. The molecule has 174 valence electrons. The highest BCUT2D eigenvalue weighted by Crippen LogP contribution is 2.67. The van der Waals surface area contributed by atoms with Crippen molar-refractivity contribution in [2.45, 2.75) is 78.2 Å². The standard InChI is InChI=1S/C27H39N3O2/c1-17(25(32)29-18-11-15-28-16-12-18)20-6-7-21-19-5-8-23-27(3,14-10-24(31)30(23)4)22(19)9-13-26(20,21)2/h11-12,15-17,19-23H,5-10,13-14H2,1-4H3,(H,28,29,32)/t17?,19-,20+,21-,22-,23?,26+,27+/m0/s1. The number of rotatable bonds is 3. The van der Waals surface area contributed by atoms with Crippen LogP contribution < -0.4 is 5.32 Å². The minimum atomic E-state index is 0.0140. The topological polar surface area (TPSA) is 62.3 Å². The monoisotopic (exact) mass is 437 g/mol. The highest BCUT2D eigenvalue weighted by molar-refractivity contribution is 5.92. The maximum absolute atomic E-state index is 13.1. The first-order valence-electron chi connectivity index (χ1n) is 12.7. The summed E-state index contributed by atoms with van der Waals surface area (Å²) in [6, 6.07) is 4.14. The first-order chi connectivity index (χ1) is 15.3. The quantitative estimate of drug-likeness (QED) is 0.712. The molecule has 3 saturated carbocycles. The van der Waals surface area contributed by atoms with Crippen LogP contribution in [-0.2, 0) is 9.59 Å². The van der Waals surface area contributed by atoms with Gasteiger partial charge in [0.25, 0.3) is 0 Å². The van der Waals surface area contributed by atoms with E-state index in [4.69, 9.17) is 0 Å². The average molecular weight is 438 g/mol. The van der Waals surface area contributed by atoms with Crippen LogP contribution in [0.3, 0.4) is 0 Å². The summed E-state index contributed by atoms with van der Waals surface area (Å²) in [5.74, 6) is 3.11. The molecule has 1 aromatic heterocycles. The van der Waals surface area contributed by atoms with Gasteiger partial charge in [0.15, 0.2) is 0 Å². The van der Waals surface area contributed by atoms with Gasteiger partial charge >= 0.3 is 0 Å². The number of anilines is 1. The summed E-state index contributed by atoms with van der Waals surface area (Å²) >= 11 is 0.